The van der Waals surface area contributed by atoms with E-state index in [0.29, 0.717) is 6.61 Å². The first kappa shape index (κ1) is 15.5. The van der Waals surface area contributed by atoms with Gasteiger partial charge in [-0.2, -0.15) is 0 Å². The van der Waals surface area contributed by atoms with Crippen LogP contribution in [0.3, 0.4) is 0 Å². The largest absolute Gasteiger partial charge is 0.466 e. The number of allylic oxidation sites excluding steroid dienone is 1. The molecule has 0 aliphatic heterocycles. The molecule has 0 amide bonds. The quantitative estimate of drug-likeness (QED) is 0.411. The molecule has 1 aliphatic carbocycles. The second kappa shape index (κ2) is 6.29. The van der Waals surface area contributed by atoms with Crippen LogP contribution in [-0.2, 0) is 14.9 Å². The summed E-state index contributed by atoms with van der Waals surface area (Å²) in [5.41, 5.74) is 2.72. The molecule has 2 unspecified atom stereocenters. The molecule has 1 fully saturated rings. The molecule has 3 heteroatoms. The number of ether oxygens (including phenoxy) is 1. The maximum Gasteiger partial charge on any atom is 0.308 e. The number of benzene rings is 1. The Bertz CT molecular complexity index is 506. The maximum absolute atomic E-state index is 11.7. The van der Waals surface area contributed by atoms with Crippen LogP contribution in [0.1, 0.15) is 38.7 Å². The van der Waals surface area contributed by atoms with Crippen molar-refractivity contribution >= 4 is 28.6 Å². The Balaban J connectivity index is 2.01. The summed E-state index contributed by atoms with van der Waals surface area (Å²) in [5.74, 6) is -0.124. The van der Waals surface area contributed by atoms with Gasteiger partial charge in [-0.1, -0.05) is 31.2 Å². The smallest absolute Gasteiger partial charge is 0.308 e. The van der Waals surface area contributed by atoms with E-state index >= 15 is 0 Å². The molecule has 20 heavy (non-hydrogen) atoms. The fourth-order valence-electron chi connectivity index (χ4n) is 2.67. The van der Waals surface area contributed by atoms with Crippen LogP contribution in [-0.4, -0.2) is 12.6 Å². The molecule has 0 heterocycles. The first-order valence-corrected chi connectivity index (χ1v) is 8.18. The van der Waals surface area contributed by atoms with Crippen molar-refractivity contribution in [2.75, 3.05) is 6.61 Å². The van der Waals surface area contributed by atoms with Crippen LogP contribution < -0.4 is 0 Å². The highest BCUT2D eigenvalue weighted by atomic mass is 127. The molecule has 108 valence electrons. The molecule has 2 nitrogen and oxygen atoms in total. The minimum Gasteiger partial charge on any atom is -0.466 e. The molecule has 1 aliphatic rings. The lowest BCUT2D eigenvalue weighted by Gasteiger charge is -2.18. The predicted molar refractivity (Wildman–Crippen MR) is 89.6 cm³/mol. The van der Waals surface area contributed by atoms with E-state index in [1.165, 1.54) is 14.7 Å². The van der Waals surface area contributed by atoms with Gasteiger partial charge in [0.1, 0.15) is 0 Å². The highest BCUT2D eigenvalue weighted by Crippen LogP contribution is 2.56. The van der Waals surface area contributed by atoms with Crippen molar-refractivity contribution in [2.24, 2.45) is 5.92 Å². The van der Waals surface area contributed by atoms with Gasteiger partial charge >= 0.3 is 5.97 Å². The number of hydrogen-bond donors (Lipinski definition) is 0. The number of hydrogen-bond acceptors (Lipinski definition) is 2. The molecular formula is C17H21IO2. The molecule has 0 spiro atoms. The van der Waals surface area contributed by atoms with Gasteiger partial charge in [0.15, 0.2) is 0 Å². The van der Waals surface area contributed by atoms with Crippen LogP contribution in [0.15, 0.2) is 36.4 Å². The van der Waals surface area contributed by atoms with Crippen molar-refractivity contribution in [1.29, 1.82) is 0 Å². The Labute approximate surface area is 134 Å². The summed E-state index contributed by atoms with van der Waals surface area (Å²) in [6.45, 7) is 8.41. The molecule has 1 aromatic rings. The Hall–Kier alpha value is -0.840. The third kappa shape index (κ3) is 3.25. The molecule has 1 saturated carbocycles. The van der Waals surface area contributed by atoms with Gasteiger partial charge in [-0.05, 0) is 66.5 Å². The van der Waals surface area contributed by atoms with Crippen LogP contribution in [0.25, 0.3) is 0 Å². The van der Waals surface area contributed by atoms with E-state index in [4.69, 9.17) is 4.74 Å². The molecule has 1 aromatic carbocycles. The van der Waals surface area contributed by atoms with Gasteiger partial charge in [-0.3, -0.25) is 4.79 Å². The van der Waals surface area contributed by atoms with Crippen molar-refractivity contribution in [1.82, 2.24) is 0 Å². The number of carbonyl (C=O) groups excluding carboxylic acids is 1. The van der Waals surface area contributed by atoms with Crippen LogP contribution in [0.5, 0.6) is 0 Å². The highest BCUT2D eigenvalue weighted by molar-refractivity contribution is 14.1. The summed E-state index contributed by atoms with van der Waals surface area (Å²) in [5, 5.41) is 0. The van der Waals surface area contributed by atoms with Crippen LogP contribution in [0, 0.1) is 9.49 Å². The molecule has 2 rings (SSSR count). The maximum atomic E-state index is 11.7. The van der Waals surface area contributed by atoms with Crippen molar-refractivity contribution in [2.45, 2.75) is 38.5 Å². The van der Waals surface area contributed by atoms with Crippen molar-refractivity contribution < 1.29 is 9.53 Å². The summed E-state index contributed by atoms with van der Waals surface area (Å²) in [7, 11) is 0. The lowest BCUT2D eigenvalue weighted by molar-refractivity contribution is -0.147. The first-order chi connectivity index (χ1) is 9.49. The third-order valence-electron chi connectivity index (χ3n) is 4.16. The van der Waals surface area contributed by atoms with Crippen LogP contribution >= 0.6 is 22.6 Å². The summed E-state index contributed by atoms with van der Waals surface area (Å²) in [6, 6.07) is 8.65. The van der Waals surface area contributed by atoms with Crippen molar-refractivity contribution in [3.63, 3.8) is 0 Å². The zero-order valence-corrected chi connectivity index (χ0v) is 14.3. The summed E-state index contributed by atoms with van der Waals surface area (Å²) in [4.78, 5) is 11.7. The fraction of sp³-hybridized carbons (Fsp3) is 0.471. The number of rotatable bonds is 6. The average Bonchev–Trinajstić information content (AvgIpc) is 3.09. The lowest BCUT2D eigenvalue weighted by Crippen LogP contribution is -2.17. The van der Waals surface area contributed by atoms with Crippen molar-refractivity contribution in [3.8, 4) is 0 Å². The molecule has 0 N–H and O–H groups in total. The van der Waals surface area contributed by atoms with Gasteiger partial charge in [-0.15, -0.1) is 0 Å². The third-order valence-corrected chi connectivity index (χ3v) is 4.88. The molecule has 0 aromatic heterocycles. The van der Waals surface area contributed by atoms with Gasteiger partial charge in [-0.25, -0.2) is 0 Å². The standard InChI is InChI=1S/C17H21IO2/c1-4-20-16(19)12(2)9-10-17(11-13(17)3)14-5-7-15(18)8-6-14/h5-8,12H,3-4,9-11H2,1-2H3. The van der Waals surface area contributed by atoms with Crippen molar-refractivity contribution in [3.05, 3.63) is 45.6 Å². The van der Waals surface area contributed by atoms with E-state index in [9.17, 15) is 4.79 Å². The van der Waals surface area contributed by atoms with E-state index in [0.717, 1.165) is 19.3 Å². The zero-order valence-electron chi connectivity index (χ0n) is 12.1. The molecule has 2 atom stereocenters. The Morgan fingerprint density at radius 2 is 2.05 bits per heavy atom. The Morgan fingerprint density at radius 3 is 2.55 bits per heavy atom. The number of esters is 1. The Kier molecular flexibility index (Phi) is 4.89. The van der Waals surface area contributed by atoms with Gasteiger partial charge in [0, 0.05) is 8.99 Å². The number of carbonyl (C=O) groups is 1. The topological polar surface area (TPSA) is 26.3 Å². The molecule has 0 saturated heterocycles. The SMILES string of the molecule is C=C1CC1(CCC(C)C(=O)OCC)c1ccc(I)cc1. The first-order valence-electron chi connectivity index (χ1n) is 7.10. The van der Waals surface area contributed by atoms with E-state index in [-0.39, 0.29) is 17.3 Å². The van der Waals surface area contributed by atoms with E-state index in [2.05, 4.69) is 53.4 Å². The molecule has 0 bridgehead atoms. The highest BCUT2D eigenvalue weighted by Gasteiger charge is 2.48. The normalized spacial score (nSPS) is 22.4. The number of halogens is 1. The van der Waals surface area contributed by atoms with E-state index in [1.807, 2.05) is 13.8 Å². The monoisotopic (exact) mass is 384 g/mol. The Morgan fingerprint density at radius 1 is 1.45 bits per heavy atom. The molecular weight excluding hydrogens is 363 g/mol. The van der Waals surface area contributed by atoms with E-state index < -0.39 is 0 Å². The second-order valence-electron chi connectivity index (χ2n) is 5.56. The molecule has 0 radical (unpaired) electrons. The summed E-state index contributed by atoms with van der Waals surface area (Å²) < 4.78 is 6.32. The van der Waals surface area contributed by atoms with Gasteiger partial charge in [0.2, 0.25) is 0 Å². The average molecular weight is 384 g/mol. The minimum atomic E-state index is -0.0866. The van der Waals surface area contributed by atoms with Gasteiger partial charge in [0.25, 0.3) is 0 Å². The fourth-order valence-corrected chi connectivity index (χ4v) is 3.03. The van der Waals surface area contributed by atoms with Gasteiger partial charge in [0.05, 0.1) is 12.5 Å². The second-order valence-corrected chi connectivity index (χ2v) is 6.81. The zero-order chi connectivity index (χ0) is 14.8. The predicted octanol–water partition coefficient (Wildman–Crippen LogP) is 4.47. The van der Waals surface area contributed by atoms with Gasteiger partial charge < -0.3 is 4.74 Å². The minimum absolute atomic E-state index is 0.0379. The summed E-state index contributed by atoms with van der Waals surface area (Å²) >= 11 is 2.32. The summed E-state index contributed by atoms with van der Waals surface area (Å²) in [6.07, 6.45) is 2.87. The van der Waals surface area contributed by atoms with Crippen LogP contribution in [0.4, 0.5) is 0 Å². The lowest BCUT2D eigenvalue weighted by atomic mass is 9.87. The van der Waals surface area contributed by atoms with Crippen LogP contribution in [0.2, 0.25) is 0 Å². The van der Waals surface area contributed by atoms with E-state index in [1.54, 1.807) is 0 Å².